The van der Waals surface area contributed by atoms with Crippen LogP contribution in [-0.2, 0) is 0 Å². The van der Waals surface area contributed by atoms with E-state index in [-0.39, 0.29) is 0 Å². The minimum atomic E-state index is -1.05. The molecule has 4 aliphatic rings. The predicted molar refractivity (Wildman–Crippen MR) is 222 cm³/mol. The Bertz CT molecular complexity index is 2800. The normalized spacial score (nSPS) is 16.0. The van der Waals surface area contributed by atoms with Crippen LogP contribution in [0, 0.1) is 0 Å². The zero-order valence-electron chi connectivity index (χ0n) is 28.8. The van der Waals surface area contributed by atoms with E-state index >= 15 is 0 Å². The molecule has 0 aliphatic carbocycles. The van der Waals surface area contributed by atoms with E-state index in [1.54, 1.807) is 6.33 Å². The molecule has 8 heteroatoms. The van der Waals surface area contributed by atoms with Crippen molar-refractivity contribution in [3.8, 4) is 0 Å². The van der Waals surface area contributed by atoms with Gasteiger partial charge in [0.2, 0.25) is 0 Å². The van der Waals surface area contributed by atoms with E-state index in [2.05, 4.69) is 189 Å². The van der Waals surface area contributed by atoms with Crippen LogP contribution in [0.2, 0.25) is 0 Å². The summed E-state index contributed by atoms with van der Waals surface area (Å²) in [4.78, 5) is 26.0. The second-order valence-electron chi connectivity index (χ2n) is 13.6. The first kappa shape index (κ1) is 30.0. The molecule has 0 N–H and O–H groups in total. The summed E-state index contributed by atoms with van der Waals surface area (Å²) < 4.78 is 0. The molecule has 0 bridgehead atoms. The number of nitrogens with zero attached hydrogens (tertiary/aromatic N) is 6. The second-order valence-corrected chi connectivity index (χ2v) is 16.7. The number of fused-ring (bicyclic) bond motifs is 8. The van der Waals surface area contributed by atoms with Gasteiger partial charge in [0.1, 0.15) is 6.33 Å². The largest absolute Gasteiger partial charge is 0.306 e. The topological polar surface area (TPSA) is 38.7 Å². The van der Waals surface area contributed by atoms with Gasteiger partial charge in [0, 0.05) is 36.6 Å². The van der Waals surface area contributed by atoms with Crippen molar-refractivity contribution in [3.63, 3.8) is 0 Å². The molecule has 4 aliphatic heterocycles. The minimum absolute atomic E-state index is 0.934. The fourth-order valence-corrected chi connectivity index (χ4v) is 12.3. The lowest BCUT2D eigenvalue weighted by Crippen LogP contribution is -2.28. The number of rotatable bonds is 3. The average molecular weight is 731 g/mol. The maximum absolute atomic E-state index is 5.12. The summed E-state index contributed by atoms with van der Waals surface area (Å²) in [5, 5.41) is 0. The molecule has 5 heterocycles. The molecule has 0 saturated heterocycles. The van der Waals surface area contributed by atoms with E-state index in [4.69, 9.17) is 9.97 Å². The number of anilines is 12. The minimum Gasteiger partial charge on any atom is -0.306 e. The molecule has 0 amide bonds. The van der Waals surface area contributed by atoms with E-state index in [9.17, 15) is 0 Å². The lowest BCUT2D eigenvalue weighted by molar-refractivity contribution is 0.975. The van der Waals surface area contributed by atoms with Gasteiger partial charge in [-0.2, -0.15) is 10.9 Å². The molecule has 1 aromatic heterocycles. The molecule has 0 radical (unpaired) electrons. The predicted octanol–water partition coefficient (Wildman–Crippen LogP) is 13.2. The molecular weight excluding hydrogens is 701 g/mol. The molecule has 6 nitrogen and oxygen atoms in total. The third-order valence-corrected chi connectivity index (χ3v) is 14.3. The summed E-state index contributed by atoms with van der Waals surface area (Å²) >= 11 is 1.85. The van der Waals surface area contributed by atoms with Gasteiger partial charge >= 0.3 is 0 Å². The van der Waals surface area contributed by atoms with Crippen molar-refractivity contribution in [2.75, 3.05) is 19.6 Å². The zero-order valence-corrected chi connectivity index (χ0v) is 30.5. The number of benzene rings is 7. The van der Waals surface area contributed by atoms with E-state index in [1.807, 2.05) is 11.8 Å². The maximum atomic E-state index is 5.12. The first-order chi connectivity index (χ1) is 26.8. The van der Waals surface area contributed by atoms with Crippen LogP contribution in [0.3, 0.4) is 0 Å². The van der Waals surface area contributed by atoms with Gasteiger partial charge in [-0.25, -0.2) is 9.97 Å². The molecule has 0 saturated carbocycles. The smallest absolute Gasteiger partial charge is 0.155 e. The fraction of sp³-hybridized carbons (Fsp3) is 0. The van der Waals surface area contributed by atoms with Gasteiger partial charge in [-0.1, -0.05) is 96.7 Å². The zero-order chi connectivity index (χ0) is 35.3. The van der Waals surface area contributed by atoms with E-state index in [0.717, 1.165) is 51.4 Å². The Balaban J connectivity index is 1.14. The first-order valence-electron chi connectivity index (χ1n) is 18.0. The highest BCUT2D eigenvalue weighted by Crippen LogP contribution is 2.72. The summed E-state index contributed by atoms with van der Waals surface area (Å²) in [6.07, 6.45) is 1.74. The van der Waals surface area contributed by atoms with Crippen molar-refractivity contribution in [2.24, 2.45) is 0 Å². The van der Waals surface area contributed by atoms with Crippen molar-refractivity contribution in [1.29, 1.82) is 0 Å². The van der Waals surface area contributed by atoms with Crippen LogP contribution < -0.4 is 19.6 Å². The first-order valence-corrected chi connectivity index (χ1v) is 20.2. The number of hydrogen-bond donors (Lipinski definition) is 1. The molecule has 1 atom stereocenters. The van der Waals surface area contributed by atoms with Gasteiger partial charge < -0.3 is 9.80 Å². The van der Waals surface area contributed by atoms with Crippen LogP contribution in [0.1, 0.15) is 0 Å². The van der Waals surface area contributed by atoms with Crippen LogP contribution in [-0.4, -0.2) is 9.97 Å². The van der Waals surface area contributed by atoms with Crippen LogP contribution in [0.25, 0.3) is 0 Å². The van der Waals surface area contributed by atoms with E-state index < -0.39 is 10.9 Å². The average Bonchev–Trinajstić information content (AvgIpc) is 3.24. The highest BCUT2D eigenvalue weighted by molar-refractivity contribution is 8.17. The Hall–Kier alpha value is -6.48. The van der Waals surface area contributed by atoms with Gasteiger partial charge in [-0.3, -0.25) is 9.80 Å². The van der Waals surface area contributed by atoms with Crippen molar-refractivity contribution in [2.45, 2.75) is 24.5 Å². The van der Waals surface area contributed by atoms with Crippen LogP contribution in [0.5, 0.6) is 0 Å². The Kier molecular flexibility index (Phi) is 6.40. The molecule has 12 rings (SSSR count). The number of aromatic nitrogens is 2. The third kappa shape index (κ3) is 4.15. The number of hydrogen-bond acceptors (Lipinski definition) is 7. The Morgan fingerprint density at radius 2 is 0.926 bits per heavy atom. The molecule has 1 unspecified atom stereocenters. The Labute approximate surface area is 320 Å². The van der Waals surface area contributed by atoms with Crippen molar-refractivity contribution < 1.29 is 0 Å². The molecule has 0 fully saturated rings. The van der Waals surface area contributed by atoms with Crippen LogP contribution in [0.4, 0.5) is 68.5 Å². The molecule has 256 valence electrons. The quantitative estimate of drug-likeness (QED) is 0.181. The maximum Gasteiger partial charge on any atom is 0.155 e. The summed E-state index contributed by atoms with van der Waals surface area (Å²) in [6, 6.07) is 61.3. The monoisotopic (exact) mass is 730 g/mol. The lowest BCUT2D eigenvalue weighted by atomic mass is 10.0. The standard InChI is InChI=1S/C46H30N6S2/c1-4-15-30(16-5-1)49-33-21-10-11-22-34(33)52-37-28-42-38(27-40(37)53-39-25-14-24-36(49)43(39)52)51(32-19-8-3-9-20-32)46-44-45(47-29-48-46)50(31-17-6-2-7-18-31)35-23-12-13-26-41(35)54(42)44/h1-29,54H. The Morgan fingerprint density at radius 3 is 1.59 bits per heavy atom. The van der Waals surface area contributed by atoms with Crippen LogP contribution in [0.15, 0.2) is 201 Å². The molecule has 7 aromatic carbocycles. The van der Waals surface area contributed by atoms with Gasteiger partial charge in [0.05, 0.1) is 44.7 Å². The summed E-state index contributed by atoms with van der Waals surface area (Å²) in [5.74, 6) is 1.87. The second kappa shape index (κ2) is 11.5. The van der Waals surface area contributed by atoms with Crippen LogP contribution >= 0.6 is 22.7 Å². The summed E-state index contributed by atoms with van der Waals surface area (Å²) in [5.41, 5.74) is 11.5. The number of thiol groups is 1. The van der Waals surface area contributed by atoms with Gasteiger partial charge in [-0.15, -0.1) is 0 Å². The molecule has 54 heavy (non-hydrogen) atoms. The van der Waals surface area contributed by atoms with Crippen molar-refractivity contribution >= 4 is 91.2 Å². The number of para-hydroxylation sites is 7. The van der Waals surface area contributed by atoms with Crippen molar-refractivity contribution in [3.05, 3.63) is 176 Å². The molecule has 0 spiro atoms. The van der Waals surface area contributed by atoms with Gasteiger partial charge in [0.25, 0.3) is 0 Å². The van der Waals surface area contributed by atoms with E-state index in [0.29, 0.717) is 0 Å². The highest BCUT2D eigenvalue weighted by Gasteiger charge is 2.43. The van der Waals surface area contributed by atoms with Crippen molar-refractivity contribution in [1.82, 2.24) is 9.97 Å². The Morgan fingerprint density at radius 1 is 0.389 bits per heavy atom. The van der Waals surface area contributed by atoms with Gasteiger partial charge in [-0.05, 0) is 84.9 Å². The fourth-order valence-electron chi connectivity index (χ4n) is 8.48. The summed E-state index contributed by atoms with van der Waals surface area (Å²) in [6.45, 7) is 0. The summed E-state index contributed by atoms with van der Waals surface area (Å²) in [7, 11) is -1.05. The van der Waals surface area contributed by atoms with E-state index in [1.165, 1.54) is 41.5 Å². The lowest BCUT2D eigenvalue weighted by Gasteiger charge is -2.47. The van der Waals surface area contributed by atoms with Gasteiger partial charge in [0.15, 0.2) is 11.6 Å². The SMILES string of the molecule is c1ccc(N2c3ccccc3N3c4cc5c(cc4Sc4cccc2c43)N(c2ccccc2)c2ncnc3c2[SH]5c2ccccc2N3c2ccccc2)cc1. The highest BCUT2D eigenvalue weighted by atomic mass is 32.2. The molecule has 8 aromatic rings. The molecular formula is C46H30N6S2. The third-order valence-electron chi connectivity index (χ3n) is 10.6.